The number of carbonyl (C=O) groups excluding carboxylic acids is 2. The smallest absolute Gasteiger partial charge is 0.257 e. The molecule has 0 bridgehead atoms. The summed E-state index contributed by atoms with van der Waals surface area (Å²) in [5, 5.41) is 6.24. The van der Waals surface area contributed by atoms with E-state index in [-0.39, 0.29) is 43.1 Å². The maximum Gasteiger partial charge on any atom is 0.257 e. The van der Waals surface area contributed by atoms with Gasteiger partial charge in [0, 0.05) is 25.0 Å². The minimum absolute atomic E-state index is 0.0909. The lowest BCUT2D eigenvalue weighted by atomic mass is 9.97. The van der Waals surface area contributed by atoms with Crippen molar-refractivity contribution in [2.75, 3.05) is 20.3 Å². The number of carbonyl (C=O) groups is 2. The Bertz CT molecular complexity index is 951. The highest BCUT2D eigenvalue weighted by Gasteiger charge is 2.27. The van der Waals surface area contributed by atoms with Crippen molar-refractivity contribution in [2.45, 2.75) is 50.6 Å². The number of primary amides is 1. The van der Waals surface area contributed by atoms with Crippen LogP contribution in [0.4, 0.5) is 4.39 Å². The fourth-order valence-electron chi connectivity index (χ4n) is 4.19. The largest absolute Gasteiger partial charge is 0.494 e. The van der Waals surface area contributed by atoms with Crippen LogP contribution in [0.2, 0.25) is 0 Å². The Labute approximate surface area is 193 Å². The third-order valence-corrected chi connectivity index (χ3v) is 6.01. The van der Waals surface area contributed by atoms with Gasteiger partial charge in [-0.1, -0.05) is 18.2 Å². The molecule has 0 heterocycles. The van der Waals surface area contributed by atoms with Crippen molar-refractivity contribution in [3.05, 3.63) is 59.4 Å². The van der Waals surface area contributed by atoms with Crippen LogP contribution < -0.4 is 25.8 Å². The molecule has 0 radical (unpaired) electrons. The van der Waals surface area contributed by atoms with E-state index >= 15 is 0 Å². The molecule has 7 nitrogen and oxygen atoms in total. The zero-order valence-electron chi connectivity index (χ0n) is 19.1. The summed E-state index contributed by atoms with van der Waals surface area (Å²) in [5.74, 6) is 0.222. The standard InChI is InChI=1S/C25H32FN3O4/c1-16(18-6-10-22(26)23(14-18)32-2)29-20-7-3-19(13-20)17-4-8-21(9-5-17)33-15-25(31)28-12-11-24(27)30/h4-6,8-10,14,16,19-20,29H,3,7,11-13,15H2,1-2H3,(H2,27,30)(H,28,31)/t16-,19-,20+/m1/s1. The number of benzene rings is 2. The normalized spacial score (nSPS) is 18.5. The number of nitrogens with two attached hydrogens (primary N) is 1. The second-order valence-electron chi connectivity index (χ2n) is 8.41. The van der Waals surface area contributed by atoms with Crippen LogP contribution in [-0.2, 0) is 9.59 Å². The van der Waals surface area contributed by atoms with Gasteiger partial charge in [0.2, 0.25) is 5.91 Å². The van der Waals surface area contributed by atoms with E-state index < -0.39 is 5.91 Å². The molecule has 1 aliphatic carbocycles. The van der Waals surface area contributed by atoms with E-state index in [0.29, 0.717) is 17.7 Å². The Morgan fingerprint density at radius 1 is 1.18 bits per heavy atom. The summed E-state index contributed by atoms with van der Waals surface area (Å²) < 4.78 is 24.3. The molecule has 0 saturated heterocycles. The average molecular weight is 458 g/mol. The molecule has 0 aromatic heterocycles. The van der Waals surface area contributed by atoms with Gasteiger partial charge < -0.3 is 25.8 Å². The Balaban J connectivity index is 1.46. The van der Waals surface area contributed by atoms with Gasteiger partial charge in [-0.15, -0.1) is 0 Å². The molecule has 178 valence electrons. The molecule has 4 N–H and O–H groups in total. The van der Waals surface area contributed by atoms with Crippen molar-refractivity contribution < 1.29 is 23.5 Å². The molecule has 8 heteroatoms. The summed E-state index contributed by atoms with van der Waals surface area (Å²) in [6, 6.07) is 13.3. The zero-order valence-corrected chi connectivity index (χ0v) is 19.1. The summed E-state index contributed by atoms with van der Waals surface area (Å²) in [6.07, 6.45) is 3.27. The Kier molecular flexibility index (Phi) is 8.65. The number of amides is 2. The van der Waals surface area contributed by atoms with Crippen LogP contribution in [0.5, 0.6) is 11.5 Å². The molecular weight excluding hydrogens is 425 g/mol. The van der Waals surface area contributed by atoms with Crippen LogP contribution in [0.25, 0.3) is 0 Å². The first kappa shape index (κ1) is 24.5. The van der Waals surface area contributed by atoms with Gasteiger partial charge in [-0.25, -0.2) is 4.39 Å². The molecular formula is C25H32FN3O4. The van der Waals surface area contributed by atoms with Gasteiger partial charge in [0.1, 0.15) is 5.75 Å². The highest BCUT2D eigenvalue weighted by molar-refractivity contribution is 5.79. The van der Waals surface area contributed by atoms with Crippen LogP contribution in [0.15, 0.2) is 42.5 Å². The van der Waals surface area contributed by atoms with Gasteiger partial charge in [-0.05, 0) is 67.5 Å². The predicted molar refractivity (Wildman–Crippen MR) is 124 cm³/mol. The van der Waals surface area contributed by atoms with E-state index in [9.17, 15) is 14.0 Å². The number of ether oxygens (including phenoxy) is 2. The van der Waals surface area contributed by atoms with Gasteiger partial charge in [0.05, 0.1) is 7.11 Å². The number of halogens is 1. The van der Waals surface area contributed by atoms with Crippen LogP contribution >= 0.6 is 0 Å². The minimum Gasteiger partial charge on any atom is -0.494 e. The van der Waals surface area contributed by atoms with E-state index in [0.717, 1.165) is 24.8 Å². The predicted octanol–water partition coefficient (Wildman–Crippen LogP) is 3.19. The van der Waals surface area contributed by atoms with Gasteiger partial charge in [0.25, 0.3) is 5.91 Å². The molecule has 1 fully saturated rings. The maximum absolute atomic E-state index is 13.7. The Morgan fingerprint density at radius 3 is 2.64 bits per heavy atom. The molecule has 2 amide bonds. The van der Waals surface area contributed by atoms with Crippen molar-refractivity contribution in [3.8, 4) is 11.5 Å². The number of rotatable bonds is 11. The fraction of sp³-hybridized carbons (Fsp3) is 0.440. The van der Waals surface area contributed by atoms with Crippen molar-refractivity contribution >= 4 is 11.8 Å². The lowest BCUT2D eigenvalue weighted by molar-refractivity contribution is -0.123. The fourth-order valence-corrected chi connectivity index (χ4v) is 4.19. The molecule has 2 aromatic rings. The second kappa shape index (κ2) is 11.7. The third kappa shape index (κ3) is 7.18. The third-order valence-electron chi connectivity index (χ3n) is 6.01. The molecule has 3 rings (SSSR count). The average Bonchev–Trinajstić information content (AvgIpc) is 3.26. The van der Waals surface area contributed by atoms with Crippen molar-refractivity contribution in [3.63, 3.8) is 0 Å². The van der Waals surface area contributed by atoms with E-state index in [1.165, 1.54) is 18.7 Å². The van der Waals surface area contributed by atoms with E-state index in [4.69, 9.17) is 15.2 Å². The minimum atomic E-state index is -0.457. The molecule has 1 aliphatic rings. The number of methoxy groups -OCH3 is 1. The number of hydrogen-bond donors (Lipinski definition) is 3. The molecule has 0 spiro atoms. The molecule has 3 atom stereocenters. The van der Waals surface area contributed by atoms with Gasteiger partial charge in [-0.3, -0.25) is 9.59 Å². The molecule has 33 heavy (non-hydrogen) atoms. The van der Waals surface area contributed by atoms with Gasteiger partial charge >= 0.3 is 0 Å². The second-order valence-corrected chi connectivity index (χ2v) is 8.41. The van der Waals surface area contributed by atoms with Crippen molar-refractivity contribution in [2.24, 2.45) is 5.73 Å². The van der Waals surface area contributed by atoms with Crippen LogP contribution in [0, 0.1) is 5.82 Å². The van der Waals surface area contributed by atoms with E-state index in [1.807, 2.05) is 24.3 Å². The first-order valence-corrected chi connectivity index (χ1v) is 11.2. The maximum atomic E-state index is 13.7. The molecule has 0 aliphatic heterocycles. The summed E-state index contributed by atoms with van der Waals surface area (Å²) in [4.78, 5) is 22.4. The summed E-state index contributed by atoms with van der Waals surface area (Å²) in [7, 11) is 1.47. The van der Waals surface area contributed by atoms with Crippen molar-refractivity contribution in [1.82, 2.24) is 10.6 Å². The highest BCUT2D eigenvalue weighted by Crippen LogP contribution is 2.36. The van der Waals surface area contributed by atoms with Crippen molar-refractivity contribution in [1.29, 1.82) is 0 Å². The zero-order chi connectivity index (χ0) is 23.8. The Hall–Kier alpha value is -3.13. The SMILES string of the molecule is COc1cc([C@@H](C)N[C@H]2CC[C@@H](c3ccc(OCC(=O)NCCC(N)=O)cc3)C2)ccc1F. The first-order chi connectivity index (χ1) is 15.9. The van der Waals surface area contributed by atoms with Gasteiger partial charge in [0.15, 0.2) is 18.2 Å². The summed E-state index contributed by atoms with van der Waals surface area (Å²) >= 11 is 0. The first-order valence-electron chi connectivity index (χ1n) is 11.2. The van der Waals surface area contributed by atoms with E-state index in [2.05, 4.69) is 17.6 Å². The van der Waals surface area contributed by atoms with E-state index in [1.54, 1.807) is 12.1 Å². The summed E-state index contributed by atoms with van der Waals surface area (Å²) in [6.45, 7) is 2.18. The van der Waals surface area contributed by atoms with Crippen LogP contribution in [0.1, 0.15) is 55.7 Å². The monoisotopic (exact) mass is 457 g/mol. The lowest BCUT2D eigenvalue weighted by Gasteiger charge is -2.21. The highest BCUT2D eigenvalue weighted by atomic mass is 19.1. The summed E-state index contributed by atoms with van der Waals surface area (Å²) in [5.41, 5.74) is 7.28. The van der Waals surface area contributed by atoms with Crippen LogP contribution in [0.3, 0.4) is 0 Å². The van der Waals surface area contributed by atoms with Gasteiger partial charge in [-0.2, -0.15) is 0 Å². The quantitative estimate of drug-likeness (QED) is 0.481. The molecule has 0 unspecified atom stereocenters. The number of hydrogen-bond acceptors (Lipinski definition) is 5. The number of nitrogens with one attached hydrogen (secondary N) is 2. The lowest BCUT2D eigenvalue weighted by Crippen LogP contribution is -2.31. The topological polar surface area (TPSA) is 103 Å². The van der Waals surface area contributed by atoms with Crippen LogP contribution in [-0.4, -0.2) is 38.1 Å². The molecule has 2 aromatic carbocycles. The Morgan fingerprint density at radius 2 is 1.94 bits per heavy atom. The molecule has 1 saturated carbocycles.